The monoisotopic (exact) mass is 494 g/mol. The second-order valence-electron chi connectivity index (χ2n) is 6.75. The SMILES string of the molecule is CN=C(NCCc1ccccc1)NCc1ccccc1CN1CCOCC1.I. The van der Waals surface area contributed by atoms with Gasteiger partial charge >= 0.3 is 0 Å². The molecular weight excluding hydrogens is 463 g/mol. The third-order valence-corrected chi connectivity index (χ3v) is 4.83. The first-order valence-corrected chi connectivity index (χ1v) is 9.70. The second kappa shape index (κ2) is 12.7. The molecule has 0 bridgehead atoms. The van der Waals surface area contributed by atoms with Crippen molar-refractivity contribution in [3.63, 3.8) is 0 Å². The van der Waals surface area contributed by atoms with E-state index in [1.807, 2.05) is 13.1 Å². The maximum Gasteiger partial charge on any atom is 0.191 e. The average molecular weight is 494 g/mol. The molecule has 3 rings (SSSR count). The Labute approximate surface area is 185 Å². The summed E-state index contributed by atoms with van der Waals surface area (Å²) in [5, 5.41) is 6.85. The highest BCUT2D eigenvalue weighted by Gasteiger charge is 2.12. The van der Waals surface area contributed by atoms with E-state index in [4.69, 9.17) is 4.74 Å². The molecule has 0 amide bonds. The molecule has 1 heterocycles. The van der Waals surface area contributed by atoms with Gasteiger partial charge in [0.25, 0.3) is 0 Å². The van der Waals surface area contributed by atoms with Crippen molar-refractivity contribution in [1.82, 2.24) is 15.5 Å². The molecule has 152 valence electrons. The molecule has 0 aliphatic carbocycles. The molecule has 5 nitrogen and oxygen atoms in total. The Morgan fingerprint density at radius 1 is 0.964 bits per heavy atom. The lowest BCUT2D eigenvalue weighted by Gasteiger charge is -2.27. The number of morpholine rings is 1. The van der Waals surface area contributed by atoms with Gasteiger partial charge in [-0.25, -0.2) is 0 Å². The highest BCUT2D eigenvalue weighted by Crippen LogP contribution is 2.13. The number of aliphatic imine (C=N–C) groups is 1. The molecular formula is C22H31IN4O. The Kier molecular flexibility index (Phi) is 10.3. The molecule has 2 aromatic carbocycles. The second-order valence-corrected chi connectivity index (χ2v) is 6.75. The van der Waals surface area contributed by atoms with Crippen molar-refractivity contribution in [1.29, 1.82) is 0 Å². The molecule has 0 unspecified atom stereocenters. The molecule has 0 saturated carbocycles. The summed E-state index contributed by atoms with van der Waals surface area (Å²) in [6, 6.07) is 19.1. The van der Waals surface area contributed by atoms with Gasteiger partial charge in [0, 0.05) is 39.8 Å². The predicted octanol–water partition coefficient (Wildman–Crippen LogP) is 3.04. The maximum absolute atomic E-state index is 5.45. The van der Waals surface area contributed by atoms with Crippen molar-refractivity contribution >= 4 is 29.9 Å². The summed E-state index contributed by atoms with van der Waals surface area (Å²) in [7, 11) is 1.82. The number of halogens is 1. The van der Waals surface area contributed by atoms with E-state index in [1.165, 1.54) is 16.7 Å². The fourth-order valence-corrected chi connectivity index (χ4v) is 3.25. The third-order valence-electron chi connectivity index (χ3n) is 4.83. The Hall–Kier alpha value is -1.64. The van der Waals surface area contributed by atoms with E-state index in [2.05, 4.69) is 69.1 Å². The van der Waals surface area contributed by atoms with Crippen LogP contribution in [0.5, 0.6) is 0 Å². The van der Waals surface area contributed by atoms with E-state index >= 15 is 0 Å². The number of nitrogens with zero attached hydrogens (tertiary/aromatic N) is 2. The minimum absolute atomic E-state index is 0. The Balaban J connectivity index is 0.00000280. The zero-order chi connectivity index (χ0) is 18.7. The first-order valence-electron chi connectivity index (χ1n) is 9.70. The van der Waals surface area contributed by atoms with Gasteiger partial charge in [-0.2, -0.15) is 0 Å². The van der Waals surface area contributed by atoms with Crippen LogP contribution in [0.3, 0.4) is 0 Å². The molecule has 6 heteroatoms. The van der Waals surface area contributed by atoms with Crippen LogP contribution in [0.25, 0.3) is 0 Å². The fourth-order valence-electron chi connectivity index (χ4n) is 3.25. The summed E-state index contributed by atoms with van der Waals surface area (Å²) >= 11 is 0. The standard InChI is InChI=1S/C22H30N4O.HI/c1-23-22(24-12-11-19-7-3-2-4-8-19)25-17-20-9-5-6-10-21(20)18-26-13-15-27-16-14-26;/h2-10H,11-18H2,1H3,(H2,23,24,25);1H. The topological polar surface area (TPSA) is 48.9 Å². The van der Waals surface area contributed by atoms with Gasteiger partial charge in [0.05, 0.1) is 13.2 Å². The van der Waals surface area contributed by atoms with Crippen molar-refractivity contribution in [2.45, 2.75) is 19.5 Å². The lowest BCUT2D eigenvalue weighted by atomic mass is 10.1. The molecule has 0 atom stereocenters. The van der Waals surface area contributed by atoms with Crippen molar-refractivity contribution in [2.24, 2.45) is 4.99 Å². The van der Waals surface area contributed by atoms with E-state index in [1.54, 1.807) is 0 Å². The van der Waals surface area contributed by atoms with Gasteiger partial charge in [-0.05, 0) is 23.1 Å². The van der Waals surface area contributed by atoms with Crippen LogP contribution >= 0.6 is 24.0 Å². The van der Waals surface area contributed by atoms with Gasteiger partial charge in [0.1, 0.15) is 0 Å². The van der Waals surface area contributed by atoms with Gasteiger partial charge in [0.15, 0.2) is 5.96 Å². The van der Waals surface area contributed by atoms with Crippen LogP contribution in [0.2, 0.25) is 0 Å². The van der Waals surface area contributed by atoms with Crippen molar-refractivity contribution in [3.8, 4) is 0 Å². The van der Waals surface area contributed by atoms with Gasteiger partial charge in [-0.1, -0.05) is 54.6 Å². The molecule has 0 spiro atoms. The Morgan fingerprint density at radius 3 is 2.36 bits per heavy atom. The zero-order valence-corrected chi connectivity index (χ0v) is 18.9. The van der Waals surface area contributed by atoms with E-state index in [-0.39, 0.29) is 24.0 Å². The van der Waals surface area contributed by atoms with Crippen LogP contribution in [0.1, 0.15) is 16.7 Å². The predicted molar refractivity (Wildman–Crippen MR) is 126 cm³/mol. The smallest absolute Gasteiger partial charge is 0.191 e. The molecule has 1 aliphatic rings. The number of hydrogen-bond acceptors (Lipinski definition) is 3. The van der Waals surface area contributed by atoms with Crippen molar-refractivity contribution < 1.29 is 4.74 Å². The Morgan fingerprint density at radius 2 is 1.64 bits per heavy atom. The van der Waals surface area contributed by atoms with Gasteiger partial charge < -0.3 is 15.4 Å². The number of nitrogens with one attached hydrogen (secondary N) is 2. The first kappa shape index (κ1) is 22.6. The largest absolute Gasteiger partial charge is 0.379 e. The van der Waals surface area contributed by atoms with Gasteiger partial charge in [0.2, 0.25) is 0 Å². The molecule has 1 aliphatic heterocycles. The van der Waals surface area contributed by atoms with Crippen LogP contribution in [0.15, 0.2) is 59.6 Å². The Bertz CT molecular complexity index is 717. The van der Waals surface area contributed by atoms with Crippen LogP contribution in [-0.2, 0) is 24.2 Å². The van der Waals surface area contributed by atoms with Crippen LogP contribution in [0, 0.1) is 0 Å². The summed E-state index contributed by atoms with van der Waals surface area (Å²) in [4.78, 5) is 6.80. The molecule has 0 aromatic heterocycles. The molecule has 1 fully saturated rings. The minimum Gasteiger partial charge on any atom is -0.379 e. The zero-order valence-electron chi connectivity index (χ0n) is 16.6. The first-order chi connectivity index (χ1) is 13.3. The van der Waals surface area contributed by atoms with Crippen molar-refractivity contribution in [2.75, 3.05) is 39.9 Å². The number of rotatable bonds is 7. The van der Waals surface area contributed by atoms with Crippen LogP contribution in [-0.4, -0.2) is 50.8 Å². The quantitative estimate of drug-likeness (QED) is 0.353. The molecule has 28 heavy (non-hydrogen) atoms. The van der Waals surface area contributed by atoms with E-state index in [0.717, 1.165) is 58.3 Å². The number of hydrogen-bond donors (Lipinski definition) is 2. The normalized spacial score (nSPS) is 15.0. The van der Waals surface area contributed by atoms with Crippen LogP contribution < -0.4 is 10.6 Å². The lowest BCUT2D eigenvalue weighted by molar-refractivity contribution is 0.0341. The van der Waals surface area contributed by atoms with E-state index in [0.29, 0.717) is 0 Å². The molecule has 2 N–H and O–H groups in total. The highest BCUT2D eigenvalue weighted by molar-refractivity contribution is 14.0. The molecule has 2 aromatic rings. The van der Waals surface area contributed by atoms with Gasteiger partial charge in [-0.15, -0.1) is 24.0 Å². The summed E-state index contributed by atoms with van der Waals surface area (Å²) in [5.41, 5.74) is 4.01. The summed E-state index contributed by atoms with van der Waals surface area (Å²) in [5.74, 6) is 0.840. The van der Waals surface area contributed by atoms with E-state index in [9.17, 15) is 0 Å². The lowest BCUT2D eigenvalue weighted by Crippen LogP contribution is -2.38. The van der Waals surface area contributed by atoms with Gasteiger partial charge in [-0.3, -0.25) is 9.89 Å². The summed E-state index contributed by atoms with van der Waals surface area (Å²) in [6.45, 7) is 6.28. The minimum atomic E-state index is 0. The third kappa shape index (κ3) is 7.41. The number of guanidine groups is 1. The number of benzene rings is 2. The average Bonchev–Trinajstić information content (AvgIpc) is 2.73. The maximum atomic E-state index is 5.45. The summed E-state index contributed by atoms with van der Waals surface area (Å²) < 4.78 is 5.45. The van der Waals surface area contributed by atoms with Crippen LogP contribution in [0.4, 0.5) is 0 Å². The summed E-state index contributed by atoms with van der Waals surface area (Å²) in [6.07, 6.45) is 0.981. The van der Waals surface area contributed by atoms with E-state index < -0.39 is 0 Å². The fraction of sp³-hybridized carbons (Fsp3) is 0.409. The highest BCUT2D eigenvalue weighted by atomic mass is 127. The molecule has 0 radical (unpaired) electrons. The number of ether oxygens (including phenoxy) is 1. The molecule has 1 saturated heterocycles. The van der Waals surface area contributed by atoms with Crippen molar-refractivity contribution in [3.05, 3.63) is 71.3 Å².